The van der Waals surface area contributed by atoms with E-state index in [0.717, 1.165) is 5.56 Å². The summed E-state index contributed by atoms with van der Waals surface area (Å²) >= 11 is 0. The van der Waals surface area contributed by atoms with Crippen molar-refractivity contribution in [1.82, 2.24) is 10.6 Å². The minimum atomic E-state index is -3.59. The summed E-state index contributed by atoms with van der Waals surface area (Å²) in [4.78, 5) is 36.2. The predicted octanol–water partition coefficient (Wildman–Crippen LogP) is 3.00. The lowest BCUT2D eigenvalue weighted by Crippen LogP contribution is -2.42. The van der Waals surface area contributed by atoms with Crippen LogP contribution in [0.3, 0.4) is 0 Å². The average molecular weight is 505 g/mol. The van der Waals surface area contributed by atoms with Crippen LogP contribution in [0.25, 0.3) is 0 Å². The fourth-order valence-corrected chi connectivity index (χ4v) is 4.58. The van der Waals surface area contributed by atoms with E-state index in [0.29, 0.717) is 25.8 Å². The lowest BCUT2D eigenvalue weighted by Gasteiger charge is -2.16. The lowest BCUT2D eigenvalue weighted by molar-refractivity contribution is -0.145. The van der Waals surface area contributed by atoms with E-state index in [1.165, 1.54) is 19.2 Å². The molecule has 0 spiro atoms. The molecule has 2 rings (SSSR count). The number of sulfone groups is 1. The third-order valence-corrected chi connectivity index (χ3v) is 6.92. The Morgan fingerprint density at radius 1 is 0.914 bits per heavy atom. The molecule has 9 nitrogen and oxygen atoms in total. The maximum absolute atomic E-state index is 12.5. The van der Waals surface area contributed by atoms with Gasteiger partial charge in [-0.2, -0.15) is 0 Å². The molecule has 0 unspecified atom stereocenters. The van der Waals surface area contributed by atoms with Crippen molar-refractivity contribution >= 4 is 27.8 Å². The number of esters is 1. The number of nitrogens with one attached hydrogen (secondary N) is 2. The molecule has 0 radical (unpaired) electrons. The summed E-state index contributed by atoms with van der Waals surface area (Å²) in [7, 11) is -2.41. The van der Waals surface area contributed by atoms with E-state index in [4.69, 9.17) is 9.47 Å². The minimum absolute atomic E-state index is 0.0926. The number of benzene rings is 2. The van der Waals surface area contributed by atoms with Crippen molar-refractivity contribution < 1.29 is 32.3 Å². The van der Waals surface area contributed by atoms with Crippen molar-refractivity contribution in [3.8, 4) is 0 Å². The topological polar surface area (TPSA) is 128 Å². The van der Waals surface area contributed by atoms with Gasteiger partial charge in [-0.15, -0.1) is 0 Å². The number of unbranched alkanes of at least 4 members (excludes halogenated alkanes) is 2. The summed E-state index contributed by atoms with van der Waals surface area (Å²) in [6, 6.07) is 16.2. The largest absolute Gasteiger partial charge is 0.467 e. The van der Waals surface area contributed by atoms with Crippen LogP contribution >= 0.6 is 0 Å². The summed E-state index contributed by atoms with van der Waals surface area (Å²) in [6.45, 7) is 0.609. The van der Waals surface area contributed by atoms with Gasteiger partial charge in [0.1, 0.15) is 12.6 Å². The molecule has 0 heterocycles. The summed E-state index contributed by atoms with van der Waals surface area (Å²) in [5, 5.41) is 5.23. The fourth-order valence-electron chi connectivity index (χ4n) is 3.23. The van der Waals surface area contributed by atoms with Crippen molar-refractivity contribution in [3.05, 3.63) is 66.2 Å². The summed E-state index contributed by atoms with van der Waals surface area (Å²) in [5.41, 5.74) is 0.900. The monoisotopic (exact) mass is 504 g/mol. The second kappa shape index (κ2) is 14.8. The zero-order valence-electron chi connectivity index (χ0n) is 19.8. The van der Waals surface area contributed by atoms with Crippen molar-refractivity contribution in [3.63, 3.8) is 0 Å². The number of hydrogen-bond donors (Lipinski definition) is 2. The van der Waals surface area contributed by atoms with E-state index >= 15 is 0 Å². The van der Waals surface area contributed by atoms with Gasteiger partial charge in [-0.25, -0.2) is 18.0 Å². The second-order valence-electron chi connectivity index (χ2n) is 7.86. The molecule has 0 saturated heterocycles. The number of methoxy groups -OCH3 is 1. The Labute approximate surface area is 206 Å². The van der Waals surface area contributed by atoms with E-state index < -0.39 is 27.9 Å². The maximum Gasteiger partial charge on any atom is 0.407 e. The Hall–Kier alpha value is -3.40. The van der Waals surface area contributed by atoms with Crippen LogP contribution in [-0.4, -0.2) is 51.8 Å². The van der Waals surface area contributed by atoms with Crippen LogP contribution in [0.1, 0.15) is 37.7 Å². The molecule has 0 fully saturated rings. The third kappa shape index (κ3) is 10.6. The SMILES string of the molecule is COC(=O)[C@@H](CCS(=O)(=O)c1ccccc1)NC(=O)CCCCCNC(=O)OCc1ccccc1. The van der Waals surface area contributed by atoms with Gasteiger partial charge in [-0.3, -0.25) is 4.79 Å². The molecule has 190 valence electrons. The van der Waals surface area contributed by atoms with Crippen LogP contribution in [-0.2, 0) is 35.5 Å². The molecule has 0 aliphatic heterocycles. The molecule has 2 N–H and O–H groups in total. The molecule has 2 aromatic rings. The Kier molecular flexibility index (Phi) is 11.8. The van der Waals surface area contributed by atoms with Gasteiger partial charge in [-0.1, -0.05) is 55.0 Å². The number of carbonyl (C=O) groups is 3. The summed E-state index contributed by atoms with van der Waals surface area (Å²) < 4.78 is 34.8. The smallest absolute Gasteiger partial charge is 0.407 e. The van der Waals surface area contributed by atoms with Crippen LogP contribution in [0.2, 0.25) is 0 Å². The van der Waals surface area contributed by atoms with Crippen LogP contribution in [0.4, 0.5) is 4.79 Å². The number of hydrogen-bond acceptors (Lipinski definition) is 7. The van der Waals surface area contributed by atoms with Gasteiger partial charge >= 0.3 is 12.1 Å². The average Bonchev–Trinajstić information content (AvgIpc) is 2.88. The first-order chi connectivity index (χ1) is 16.8. The molecule has 0 saturated carbocycles. The first kappa shape index (κ1) is 27.8. The molecular formula is C25H32N2O7S. The van der Waals surface area contributed by atoms with Crippen molar-refractivity contribution in [2.24, 2.45) is 0 Å². The van der Waals surface area contributed by atoms with Gasteiger partial charge in [-0.05, 0) is 37.0 Å². The normalized spacial score (nSPS) is 11.8. The molecule has 10 heteroatoms. The molecule has 0 aliphatic carbocycles. The Balaban J connectivity index is 1.65. The number of alkyl carbamates (subject to hydrolysis) is 1. The van der Waals surface area contributed by atoms with Crippen LogP contribution in [0, 0.1) is 0 Å². The number of amides is 2. The first-order valence-corrected chi connectivity index (χ1v) is 13.1. The minimum Gasteiger partial charge on any atom is -0.467 e. The summed E-state index contributed by atoms with van der Waals surface area (Å²) in [6.07, 6.45) is 1.45. The first-order valence-electron chi connectivity index (χ1n) is 11.4. The van der Waals surface area contributed by atoms with Crippen LogP contribution in [0.15, 0.2) is 65.6 Å². The van der Waals surface area contributed by atoms with E-state index in [2.05, 4.69) is 10.6 Å². The number of rotatable bonds is 14. The Morgan fingerprint density at radius 2 is 1.57 bits per heavy atom. The van der Waals surface area contributed by atoms with Crippen molar-refractivity contribution in [2.45, 2.75) is 49.6 Å². The van der Waals surface area contributed by atoms with Crippen LogP contribution in [0.5, 0.6) is 0 Å². The Bertz CT molecular complexity index is 1040. The fraction of sp³-hybridized carbons (Fsp3) is 0.400. The van der Waals surface area contributed by atoms with E-state index in [1.54, 1.807) is 18.2 Å². The van der Waals surface area contributed by atoms with Gasteiger partial charge < -0.3 is 20.1 Å². The zero-order chi connectivity index (χ0) is 25.5. The molecule has 0 bridgehead atoms. The number of ether oxygens (including phenoxy) is 2. The van der Waals surface area contributed by atoms with E-state index in [-0.39, 0.29) is 36.0 Å². The molecule has 2 amide bonds. The van der Waals surface area contributed by atoms with Crippen molar-refractivity contribution in [1.29, 1.82) is 0 Å². The van der Waals surface area contributed by atoms with Crippen molar-refractivity contribution in [2.75, 3.05) is 19.4 Å². The molecule has 35 heavy (non-hydrogen) atoms. The van der Waals surface area contributed by atoms with Gasteiger partial charge in [0.05, 0.1) is 17.8 Å². The highest BCUT2D eigenvalue weighted by Crippen LogP contribution is 2.13. The van der Waals surface area contributed by atoms with Gasteiger partial charge in [0.2, 0.25) is 5.91 Å². The van der Waals surface area contributed by atoms with Crippen LogP contribution < -0.4 is 10.6 Å². The molecule has 1 atom stereocenters. The highest BCUT2D eigenvalue weighted by atomic mass is 32.2. The quantitative estimate of drug-likeness (QED) is 0.299. The van der Waals surface area contributed by atoms with Gasteiger partial charge in [0.15, 0.2) is 9.84 Å². The predicted molar refractivity (Wildman–Crippen MR) is 130 cm³/mol. The molecule has 0 aromatic heterocycles. The summed E-state index contributed by atoms with van der Waals surface area (Å²) in [5.74, 6) is -1.36. The van der Waals surface area contributed by atoms with Gasteiger partial charge in [0.25, 0.3) is 0 Å². The maximum atomic E-state index is 12.5. The standard InChI is InChI=1S/C25H32N2O7S/c1-33-24(29)22(16-18-35(31,32)21-13-7-3-8-14-21)27-23(28)15-9-4-10-17-26-25(30)34-19-20-11-5-2-6-12-20/h2-3,5-8,11-14,22H,4,9-10,15-19H2,1H3,(H,26,30)(H,27,28)/t22-/m1/s1. The highest BCUT2D eigenvalue weighted by Gasteiger charge is 2.25. The lowest BCUT2D eigenvalue weighted by atomic mass is 10.1. The molecular weight excluding hydrogens is 472 g/mol. The van der Waals surface area contributed by atoms with E-state index in [1.807, 2.05) is 30.3 Å². The Morgan fingerprint density at radius 3 is 2.23 bits per heavy atom. The molecule has 2 aromatic carbocycles. The van der Waals surface area contributed by atoms with Gasteiger partial charge in [0, 0.05) is 13.0 Å². The second-order valence-corrected chi connectivity index (χ2v) is 9.97. The highest BCUT2D eigenvalue weighted by molar-refractivity contribution is 7.91. The third-order valence-electron chi connectivity index (χ3n) is 5.16. The molecule has 0 aliphatic rings. The van der Waals surface area contributed by atoms with E-state index in [9.17, 15) is 22.8 Å². The number of carbonyl (C=O) groups excluding carboxylic acids is 3. The zero-order valence-corrected chi connectivity index (χ0v) is 20.6.